The summed E-state index contributed by atoms with van der Waals surface area (Å²) >= 11 is 0. The van der Waals surface area contributed by atoms with Crippen molar-refractivity contribution in [3.05, 3.63) is 0 Å². The number of Topliss-reactive ketones (excluding diaryl/α,β-unsaturated/α-hetero) is 2. The van der Waals surface area contributed by atoms with Crippen LogP contribution in [0.4, 0.5) is 0 Å². The molecule has 0 radical (unpaired) electrons. The van der Waals surface area contributed by atoms with Gasteiger partial charge < -0.3 is 0 Å². The van der Waals surface area contributed by atoms with Crippen molar-refractivity contribution in [3.63, 3.8) is 0 Å². The Hall–Kier alpha value is -0.660. The van der Waals surface area contributed by atoms with E-state index in [1.54, 1.807) is 0 Å². The maximum atomic E-state index is 13.6. The van der Waals surface area contributed by atoms with Gasteiger partial charge in [0.25, 0.3) is 0 Å². The molecule has 0 bridgehead atoms. The molecule has 0 saturated heterocycles. The van der Waals surface area contributed by atoms with Gasteiger partial charge in [0.05, 0.1) is 0 Å². The molecule has 4 rings (SSSR count). The van der Waals surface area contributed by atoms with Gasteiger partial charge in [-0.3, -0.25) is 9.59 Å². The summed E-state index contributed by atoms with van der Waals surface area (Å²) in [5.41, 5.74) is 0.458. The fraction of sp³-hybridized carbons (Fsp3) is 0.923. The second-order valence-electron chi connectivity index (χ2n) is 12.0. The number of rotatable bonds is 5. The third-order valence-corrected chi connectivity index (χ3v) is 10.2. The molecule has 4 aliphatic rings. The first-order valence-corrected chi connectivity index (χ1v) is 12.2. The van der Waals surface area contributed by atoms with Crippen LogP contribution in [0.1, 0.15) is 98.8 Å². The lowest BCUT2D eigenvalue weighted by Crippen LogP contribution is -2.45. The van der Waals surface area contributed by atoms with Gasteiger partial charge in [-0.15, -0.1) is 0 Å². The van der Waals surface area contributed by atoms with Crippen molar-refractivity contribution in [2.75, 3.05) is 0 Å². The topological polar surface area (TPSA) is 34.1 Å². The second-order valence-corrected chi connectivity index (χ2v) is 12.0. The molecule has 8 atom stereocenters. The highest BCUT2D eigenvalue weighted by molar-refractivity contribution is 5.93. The van der Waals surface area contributed by atoms with Crippen LogP contribution in [0.2, 0.25) is 0 Å². The van der Waals surface area contributed by atoms with Crippen LogP contribution in [-0.2, 0) is 9.59 Å². The second kappa shape index (κ2) is 7.24. The molecule has 4 saturated carbocycles. The van der Waals surface area contributed by atoms with Gasteiger partial charge >= 0.3 is 0 Å². The SMILES string of the molecule is CC(C)CCC[C@H](C)[C@@H]1CC[C@@H]2[C@@H]3C(=O)[C@@H]4CC(=O)CC[C@]4(C)[C@H]3CC[C@]21C. The molecule has 0 unspecified atom stereocenters. The molecule has 28 heavy (non-hydrogen) atoms. The van der Waals surface area contributed by atoms with Crippen molar-refractivity contribution in [1.82, 2.24) is 0 Å². The van der Waals surface area contributed by atoms with E-state index in [4.69, 9.17) is 0 Å². The molecule has 0 aliphatic heterocycles. The lowest BCUT2D eigenvalue weighted by atomic mass is 9.53. The third-order valence-electron chi connectivity index (χ3n) is 10.2. The minimum absolute atomic E-state index is 0.0358. The average Bonchev–Trinajstić information content (AvgIpc) is 3.08. The quantitative estimate of drug-likeness (QED) is 0.543. The summed E-state index contributed by atoms with van der Waals surface area (Å²) < 4.78 is 0. The lowest BCUT2D eigenvalue weighted by molar-refractivity contribution is -0.134. The van der Waals surface area contributed by atoms with Crippen LogP contribution in [0.15, 0.2) is 0 Å². The fourth-order valence-electron chi connectivity index (χ4n) is 8.55. The molecule has 0 aromatic rings. The van der Waals surface area contributed by atoms with E-state index >= 15 is 0 Å². The van der Waals surface area contributed by atoms with Gasteiger partial charge in [-0.25, -0.2) is 0 Å². The van der Waals surface area contributed by atoms with Gasteiger partial charge in [0.2, 0.25) is 0 Å². The van der Waals surface area contributed by atoms with E-state index in [-0.39, 0.29) is 17.3 Å². The smallest absolute Gasteiger partial charge is 0.140 e. The van der Waals surface area contributed by atoms with Crippen LogP contribution < -0.4 is 0 Å². The van der Waals surface area contributed by atoms with Gasteiger partial charge in [-0.1, -0.05) is 53.9 Å². The van der Waals surface area contributed by atoms with Crippen molar-refractivity contribution in [2.24, 2.45) is 52.3 Å². The Kier molecular flexibility index (Phi) is 5.33. The largest absolute Gasteiger partial charge is 0.300 e. The molecule has 0 spiro atoms. The molecule has 0 aromatic carbocycles. The molecule has 0 amide bonds. The van der Waals surface area contributed by atoms with Crippen LogP contribution in [0.25, 0.3) is 0 Å². The molecule has 158 valence electrons. The van der Waals surface area contributed by atoms with E-state index in [2.05, 4.69) is 34.6 Å². The minimum Gasteiger partial charge on any atom is -0.300 e. The lowest BCUT2D eigenvalue weighted by Gasteiger charge is -2.50. The van der Waals surface area contributed by atoms with E-state index in [1.165, 1.54) is 44.9 Å². The number of ketones is 2. The number of carbonyl (C=O) groups is 2. The summed E-state index contributed by atoms with van der Waals surface area (Å²) in [4.78, 5) is 25.7. The number of hydrogen-bond donors (Lipinski definition) is 0. The molecule has 4 aliphatic carbocycles. The van der Waals surface area contributed by atoms with Crippen molar-refractivity contribution in [1.29, 1.82) is 0 Å². The zero-order chi connectivity index (χ0) is 20.3. The van der Waals surface area contributed by atoms with E-state index in [1.807, 2.05) is 0 Å². The van der Waals surface area contributed by atoms with E-state index in [9.17, 15) is 9.59 Å². The number of carbonyl (C=O) groups excluding carboxylic acids is 2. The van der Waals surface area contributed by atoms with Crippen molar-refractivity contribution >= 4 is 11.6 Å². The third kappa shape index (κ3) is 3.03. The number of fused-ring (bicyclic) bond motifs is 5. The van der Waals surface area contributed by atoms with Gasteiger partial charge in [0.1, 0.15) is 11.6 Å². The summed E-state index contributed by atoms with van der Waals surface area (Å²) in [5, 5.41) is 0. The highest BCUT2D eigenvalue weighted by atomic mass is 16.1. The zero-order valence-corrected chi connectivity index (χ0v) is 18.9. The molecule has 2 nitrogen and oxygen atoms in total. The van der Waals surface area contributed by atoms with Gasteiger partial charge in [-0.05, 0) is 72.5 Å². The zero-order valence-electron chi connectivity index (χ0n) is 18.9. The first-order chi connectivity index (χ1) is 13.2. The predicted molar refractivity (Wildman–Crippen MR) is 114 cm³/mol. The van der Waals surface area contributed by atoms with Gasteiger partial charge in [0, 0.05) is 24.7 Å². The monoisotopic (exact) mass is 386 g/mol. The van der Waals surface area contributed by atoms with E-state index in [0.29, 0.717) is 41.7 Å². The van der Waals surface area contributed by atoms with Crippen LogP contribution in [0, 0.1) is 52.3 Å². The van der Waals surface area contributed by atoms with Crippen LogP contribution in [-0.4, -0.2) is 11.6 Å². The van der Waals surface area contributed by atoms with Crippen molar-refractivity contribution in [2.45, 2.75) is 98.8 Å². The highest BCUT2D eigenvalue weighted by Crippen LogP contribution is 2.69. The van der Waals surface area contributed by atoms with Gasteiger partial charge in [0.15, 0.2) is 0 Å². The molecule has 0 aromatic heterocycles. The predicted octanol–water partition coefficient (Wildman–Crippen LogP) is 6.47. The first-order valence-electron chi connectivity index (χ1n) is 12.2. The van der Waals surface area contributed by atoms with Crippen molar-refractivity contribution < 1.29 is 9.59 Å². The normalized spacial score (nSPS) is 46.4. The molecule has 0 heterocycles. The average molecular weight is 387 g/mol. The fourth-order valence-corrected chi connectivity index (χ4v) is 8.55. The van der Waals surface area contributed by atoms with E-state index in [0.717, 1.165) is 24.2 Å². The van der Waals surface area contributed by atoms with Crippen LogP contribution >= 0.6 is 0 Å². The summed E-state index contributed by atoms with van der Waals surface area (Å²) in [6.45, 7) is 12.0. The summed E-state index contributed by atoms with van der Waals surface area (Å²) in [7, 11) is 0. The number of hydrogen-bond acceptors (Lipinski definition) is 2. The Morgan fingerprint density at radius 1 is 0.929 bits per heavy atom. The Bertz CT molecular complexity index is 636. The van der Waals surface area contributed by atoms with Crippen LogP contribution in [0.3, 0.4) is 0 Å². The Balaban J connectivity index is 1.53. The minimum atomic E-state index is 0.0358. The van der Waals surface area contributed by atoms with Crippen molar-refractivity contribution in [3.8, 4) is 0 Å². The molecule has 4 fully saturated rings. The Labute approximate surface area is 172 Å². The summed E-state index contributed by atoms with van der Waals surface area (Å²) in [6.07, 6.45) is 11.4. The summed E-state index contributed by atoms with van der Waals surface area (Å²) in [6, 6.07) is 0. The summed E-state index contributed by atoms with van der Waals surface area (Å²) in [5.74, 6) is 4.61. The first kappa shape index (κ1) is 20.6. The Morgan fingerprint density at radius 3 is 2.36 bits per heavy atom. The standard InChI is InChI=1S/C26H42O2/c1-16(2)7-6-8-17(3)19-9-10-20-23-21(12-14-25(19,20)4)26(5)13-11-18(27)15-22(26)24(23)28/h16-17,19-23H,6-15H2,1-5H3/t17-,19-,20+,21-,22-,23-,25-,26+/m0/s1. The van der Waals surface area contributed by atoms with Crippen LogP contribution in [0.5, 0.6) is 0 Å². The highest BCUT2D eigenvalue weighted by Gasteiger charge is 2.66. The molecule has 2 heteroatoms. The Morgan fingerprint density at radius 2 is 1.64 bits per heavy atom. The maximum absolute atomic E-state index is 13.6. The molecular formula is C26H42O2. The van der Waals surface area contributed by atoms with E-state index < -0.39 is 0 Å². The maximum Gasteiger partial charge on any atom is 0.140 e. The van der Waals surface area contributed by atoms with Gasteiger partial charge in [-0.2, -0.15) is 0 Å². The molecule has 0 N–H and O–H groups in total. The molecular weight excluding hydrogens is 344 g/mol.